The van der Waals surface area contributed by atoms with Gasteiger partial charge in [0.05, 0.1) is 6.61 Å². The number of hydrogen-bond acceptors (Lipinski definition) is 3. The molecule has 7 heteroatoms. The summed E-state index contributed by atoms with van der Waals surface area (Å²) in [5.74, 6) is 0.696. The lowest BCUT2D eigenvalue weighted by Crippen LogP contribution is -2.31. The van der Waals surface area contributed by atoms with Gasteiger partial charge in [-0.2, -0.15) is 0 Å². The number of benzene rings is 1. The topological polar surface area (TPSA) is 47.6 Å². The van der Waals surface area contributed by atoms with Crippen LogP contribution < -0.4 is 10.1 Å². The van der Waals surface area contributed by atoms with Crippen molar-refractivity contribution in [2.45, 2.75) is 36.6 Å². The third kappa shape index (κ3) is 6.51. The molecule has 0 fully saturated rings. The Hall–Kier alpha value is -0.840. The van der Waals surface area contributed by atoms with Crippen molar-refractivity contribution < 1.29 is 14.3 Å². The molecule has 1 aromatic carbocycles. The van der Waals surface area contributed by atoms with Crippen LogP contribution in [0.2, 0.25) is 0 Å². The van der Waals surface area contributed by atoms with Gasteiger partial charge in [0.2, 0.25) is 3.79 Å². The van der Waals surface area contributed by atoms with E-state index in [1.165, 1.54) is 0 Å². The highest BCUT2D eigenvalue weighted by atomic mass is 35.6. The summed E-state index contributed by atoms with van der Waals surface area (Å²) in [5, 5.41) is 2.63. The lowest BCUT2D eigenvalue weighted by atomic mass is 10.1. The van der Waals surface area contributed by atoms with Crippen molar-refractivity contribution in [1.29, 1.82) is 0 Å². The minimum Gasteiger partial charge on any atom is -0.494 e. The summed E-state index contributed by atoms with van der Waals surface area (Å²) in [7, 11) is 0. The van der Waals surface area contributed by atoms with E-state index in [1.54, 1.807) is 24.3 Å². The summed E-state index contributed by atoms with van der Waals surface area (Å²) in [6, 6.07) is 6.88. The summed E-state index contributed by atoms with van der Waals surface area (Å²) < 4.78 is 8.85. The zero-order chi connectivity index (χ0) is 16.6. The fourth-order valence-electron chi connectivity index (χ4n) is 1.75. The fraction of sp³-hybridized carbons (Fsp3) is 0.533. The Balaban J connectivity index is 2.78. The quantitative estimate of drug-likeness (QED) is 0.543. The third-order valence-electron chi connectivity index (χ3n) is 2.82. The average molecular weight is 369 g/mol. The van der Waals surface area contributed by atoms with Gasteiger partial charge in [-0.1, -0.05) is 60.3 Å². The van der Waals surface area contributed by atoms with Crippen LogP contribution in [-0.4, -0.2) is 23.0 Å². The maximum Gasteiger partial charge on any atom is 0.407 e. The summed E-state index contributed by atoms with van der Waals surface area (Å²) in [5.41, 5.74) is 0.578. The van der Waals surface area contributed by atoms with E-state index in [0.717, 1.165) is 12.8 Å². The first kappa shape index (κ1) is 19.2. The number of hydrogen-bond donors (Lipinski definition) is 1. The maximum absolute atomic E-state index is 11.8. The molecule has 0 spiro atoms. The molecule has 0 saturated heterocycles. The van der Waals surface area contributed by atoms with E-state index in [-0.39, 0.29) is 0 Å². The highest BCUT2D eigenvalue weighted by Crippen LogP contribution is 2.42. The van der Waals surface area contributed by atoms with Crippen LogP contribution in [0.15, 0.2) is 24.3 Å². The van der Waals surface area contributed by atoms with E-state index in [4.69, 9.17) is 44.3 Å². The first-order chi connectivity index (χ1) is 10.4. The second-order valence-corrected chi connectivity index (χ2v) is 6.98. The van der Waals surface area contributed by atoms with Gasteiger partial charge >= 0.3 is 6.09 Å². The predicted octanol–water partition coefficient (Wildman–Crippen LogP) is 5.02. The number of alkyl halides is 3. The SMILES string of the molecule is CCCCNC(=O)O[C@@H](c1ccc(OCC)cc1)C(Cl)(Cl)Cl. The molecular weight excluding hydrogens is 349 g/mol. The number of rotatable bonds is 7. The summed E-state index contributed by atoms with van der Waals surface area (Å²) in [6.45, 7) is 4.99. The predicted molar refractivity (Wildman–Crippen MR) is 90.0 cm³/mol. The largest absolute Gasteiger partial charge is 0.494 e. The second kappa shape index (κ2) is 9.33. The van der Waals surface area contributed by atoms with Crippen LogP contribution in [0.25, 0.3) is 0 Å². The van der Waals surface area contributed by atoms with Crippen molar-refractivity contribution in [3.05, 3.63) is 29.8 Å². The smallest absolute Gasteiger partial charge is 0.407 e. The van der Waals surface area contributed by atoms with Gasteiger partial charge in [0.1, 0.15) is 5.75 Å². The van der Waals surface area contributed by atoms with Crippen molar-refractivity contribution in [1.82, 2.24) is 5.32 Å². The molecule has 0 aliphatic carbocycles. The van der Waals surface area contributed by atoms with Crippen LogP contribution in [0.4, 0.5) is 4.79 Å². The third-order valence-corrected chi connectivity index (χ3v) is 3.41. The summed E-state index contributed by atoms with van der Waals surface area (Å²) in [4.78, 5) is 11.8. The Bertz CT molecular complexity index is 460. The number of alkyl carbamates (subject to hydrolysis) is 1. The Kier molecular flexibility index (Phi) is 8.15. The fourth-order valence-corrected chi connectivity index (χ4v) is 2.26. The monoisotopic (exact) mass is 367 g/mol. The minimum atomic E-state index is -1.77. The number of amides is 1. The molecule has 1 atom stereocenters. The van der Waals surface area contributed by atoms with Gasteiger partial charge in [0.25, 0.3) is 0 Å². The van der Waals surface area contributed by atoms with Gasteiger partial charge in [-0.05, 0) is 31.0 Å². The van der Waals surface area contributed by atoms with E-state index in [2.05, 4.69) is 5.32 Å². The number of ether oxygens (including phenoxy) is 2. The number of carbonyl (C=O) groups is 1. The maximum atomic E-state index is 11.8. The molecule has 0 unspecified atom stereocenters. The van der Waals surface area contributed by atoms with Gasteiger partial charge in [0.15, 0.2) is 6.10 Å². The molecule has 0 saturated carbocycles. The Morgan fingerprint density at radius 2 is 1.86 bits per heavy atom. The molecular formula is C15H20Cl3NO3. The molecule has 4 nitrogen and oxygen atoms in total. The van der Waals surface area contributed by atoms with Crippen molar-refractivity contribution in [2.75, 3.05) is 13.2 Å². The number of carbonyl (C=O) groups excluding carboxylic acids is 1. The molecule has 1 amide bonds. The molecule has 0 bridgehead atoms. The average Bonchev–Trinajstić information content (AvgIpc) is 2.45. The zero-order valence-corrected chi connectivity index (χ0v) is 14.8. The molecule has 0 heterocycles. The Morgan fingerprint density at radius 1 is 1.23 bits per heavy atom. The zero-order valence-electron chi connectivity index (χ0n) is 12.6. The Morgan fingerprint density at radius 3 is 2.36 bits per heavy atom. The van der Waals surface area contributed by atoms with E-state index in [9.17, 15) is 4.79 Å². The molecule has 124 valence electrons. The van der Waals surface area contributed by atoms with E-state index >= 15 is 0 Å². The molecule has 0 radical (unpaired) electrons. The summed E-state index contributed by atoms with van der Waals surface area (Å²) in [6.07, 6.45) is 0.206. The van der Waals surface area contributed by atoms with Crippen molar-refractivity contribution in [3.63, 3.8) is 0 Å². The van der Waals surface area contributed by atoms with Crippen LogP contribution in [-0.2, 0) is 4.74 Å². The van der Waals surface area contributed by atoms with Crippen LogP contribution in [0.5, 0.6) is 5.75 Å². The van der Waals surface area contributed by atoms with E-state index in [1.807, 2.05) is 13.8 Å². The van der Waals surface area contributed by atoms with Crippen molar-refractivity contribution in [2.24, 2.45) is 0 Å². The second-order valence-electron chi connectivity index (χ2n) is 4.61. The first-order valence-corrected chi connectivity index (χ1v) is 8.25. The van der Waals surface area contributed by atoms with Crippen LogP contribution in [0.3, 0.4) is 0 Å². The Labute approximate surface area is 146 Å². The van der Waals surface area contributed by atoms with Gasteiger partial charge in [-0.25, -0.2) is 4.79 Å². The van der Waals surface area contributed by atoms with Crippen molar-refractivity contribution >= 4 is 40.9 Å². The molecule has 0 aliphatic heterocycles. The normalized spacial score (nSPS) is 12.6. The first-order valence-electron chi connectivity index (χ1n) is 7.12. The number of unbranched alkanes of at least 4 members (excludes halogenated alkanes) is 1. The lowest BCUT2D eigenvalue weighted by molar-refractivity contribution is 0.0991. The number of nitrogens with one attached hydrogen (secondary N) is 1. The van der Waals surface area contributed by atoms with E-state index < -0.39 is 16.0 Å². The van der Waals surface area contributed by atoms with Crippen LogP contribution in [0.1, 0.15) is 38.4 Å². The molecule has 1 rings (SSSR count). The van der Waals surface area contributed by atoms with Crippen LogP contribution >= 0.6 is 34.8 Å². The minimum absolute atomic E-state index is 0.519. The summed E-state index contributed by atoms with van der Waals surface area (Å²) >= 11 is 17.8. The standard InChI is InChI=1S/C15H20Cl3NO3/c1-3-5-10-19-14(20)22-13(15(16,17)18)11-6-8-12(9-7-11)21-4-2/h6-9,13H,3-5,10H2,1-2H3,(H,19,20)/t13-/m0/s1. The van der Waals surface area contributed by atoms with Gasteiger partial charge in [-0.3, -0.25) is 0 Å². The molecule has 0 aliphatic rings. The molecule has 1 aromatic rings. The highest BCUT2D eigenvalue weighted by Gasteiger charge is 2.37. The highest BCUT2D eigenvalue weighted by molar-refractivity contribution is 6.68. The van der Waals surface area contributed by atoms with Crippen LogP contribution in [0, 0.1) is 0 Å². The molecule has 1 N–H and O–H groups in total. The van der Waals surface area contributed by atoms with Gasteiger partial charge in [0, 0.05) is 6.54 Å². The van der Waals surface area contributed by atoms with Crippen molar-refractivity contribution in [3.8, 4) is 5.75 Å². The van der Waals surface area contributed by atoms with Gasteiger partial charge < -0.3 is 14.8 Å². The number of halogens is 3. The molecule has 22 heavy (non-hydrogen) atoms. The lowest BCUT2D eigenvalue weighted by Gasteiger charge is -2.25. The van der Waals surface area contributed by atoms with Gasteiger partial charge in [-0.15, -0.1) is 0 Å². The molecule has 0 aromatic heterocycles. The van der Waals surface area contributed by atoms with E-state index in [0.29, 0.717) is 24.5 Å².